The Kier molecular flexibility index (Phi) is 9.25. The van der Waals surface area contributed by atoms with Gasteiger partial charge in [-0.05, 0) is 115 Å². The number of ether oxygens (including phenoxy) is 3. The van der Waals surface area contributed by atoms with Gasteiger partial charge in [-0.1, -0.05) is 18.2 Å². The second-order valence-electron chi connectivity index (χ2n) is 14.5. The van der Waals surface area contributed by atoms with Crippen molar-refractivity contribution < 1.29 is 24.1 Å². The number of aryl methyl sites for hydroxylation is 1. The number of anilines is 1. The smallest absolute Gasteiger partial charge is 0.337 e. The minimum atomic E-state index is -1.16. The predicted molar refractivity (Wildman–Crippen MR) is 186 cm³/mol. The van der Waals surface area contributed by atoms with Crippen LogP contribution in [0.2, 0.25) is 0 Å². The molecule has 6 bridgehead atoms. The van der Waals surface area contributed by atoms with E-state index in [1.54, 1.807) is 6.07 Å². The molecule has 7 rings (SSSR count). The molecule has 0 saturated carbocycles. The van der Waals surface area contributed by atoms with E-state index in [1.165, 1.54) is 0 Å². The maximum Gasteiger partial charge on any atom is 0.337 e. The van der Waals surface area contributed by atoms with E-state index in [-0.39, 0.29) is 11.7 Å². The molecule has 5 heterocycles. The number of hydrogen-bond acceptors (Lipinski definition) is 7. The van der Waals surface area contributed by atoms with Crippen molar-refractivity contribution in [3.63, 3.8) is 0 Å². The van der Waals surface area contributed by atoms with E-state index < -0.39 is 17.7 Å². The Balaban J connectivity index is 1.54. The van der Waals surface area contributed by atoms with Gasteiger partial charge in [0.15, 0.2) is 6.10 Å². The molecule has 9 nitrogen and oxygen atoms in total. The molecule has 2 atom stereocenters. The maximum atomic E-state index is 12.9. The summed E-state index contributed by atoms with van der Waals surface area (Å²) in [6.07, 6.45) is 5.16. The van der Waals surface area contributed by atoms with Gasteiger partial charge in [0.1, 0.15) is 5.75 Å². The SMILES string of the molecule is Cc1cn2nc3cc2c(c1[C@H](OC(C)(C)C)C(=O)O)N1CCC(C)(CC1)OCCCC[C@H](C)Oc1ccc(C#N)cc1-c1cccc-3c1. The summed E-state index contributed by atoms with van der Waals surface area (Å²) < 4.78 is 21.1. The predicted octanol–water partition coefficient (Wildman–Crippen LogP) is 8.12. The van der Waals surface area contributed by atoms with Crippen LogP contribution in [0.1, 0.15) is 89.5 Å². The van der Waals surface area contributed by atoms with Gasteiger partial charge in [0.25, 0.3) is 0 Å². The van der Waals surface area contributed by atoms with Crippen molar-refractivity contribution in [1.82, 2.24) is 9.61 Å². The molecule has 3 aliphatic rings. The number of aromatic nitrogens is 2. The van der Waals surface area contributed by atoms with Crippen molar-refractivity contribution in [2.75, 3.05) is 24.6 Å². The van der Waals surface area contributed by atoms with Gasteiger partial charge in [0.2, 0.25) is 0 Å². The van der Waals surface area contributed by atoms with E-state index in [9.17, 15) is 15.2 Å². The minimum Gasteiger partial charge on any atom is -0.490 e. The minimum absolute atomic E-state index is 0.00419. The average molecular weight is 651 g/mol. The van der Waals surface area contributed by atoms with Crippen molar-refractivity contribution in [3.8, 4) is 34.2 Å². The molecule has 4 aromatic rings. The lowest BCUT2D eigenvalue weighted by atomic mass is 9.91. The highest BCUT2D eigenvalue weighted by Gasteiger charge is 2.37. The molecule has 0 spiro atoms. The number of aliphatic carboxylic acids is 1. The third kappa shape index (κ3) is 7.06. The Labute approximate surface area is 283 Å². The van der Waals surface area contributed by atoms with Crippen LogP contribution in [0.15, 0.2) is 54.7 Å². The molecule has 1 fully saturated rings. The molecular formula is C39H46N4O5. The molecule has 9 heteroatoms. The summed E-state index contributed by atoms with van der Waals surface area (Å²) in [4.78, 5) is 15.2. The number of benzene rings is 2. The van der Waals surface area contributed by atoms with E-state index in [4.69, 9.17) is 19.3 Å². The molecule has 252 valence electrons. The molecule has 3 aliphatic heterocycles. The average Bonchev–Trinajstić information content (AvgIpc) is 3.46. The highest BCUT2D eigenvalue weighted by Crippen LogP contribution is 2.42. The van der Waals surface area contributed by atoms with Gasteiger partial charge in [0, 0.05) is 42.6 Å². The normalized spacial score (nSPS) is 20.9. The molecule has 0 aliphatic carbocycles. The number of nitrogens with zero attached hydrogens (tertiary/aromatic N) is 4. The fourth-order valence-electron chi connectivity index (χ4n) is 6.89. The highest BCUT2D eigenvalue weighted by atomic mass is 16.5. The summed E-state index contributed by atoms with van der Waals surface area (Å²) in [5, 5.41) is 25.3. The number of carboxylic acids is 1. The number of carboxylic acid groups (broad SMARTS) is 1. The van der Waals surface area contributed by atoms with Crippen molar-refractivity contribution >= 4 is 17.2 Å². The van der Waals surface area contributed by atoms with Crippen LogP contribution in [0.5, 0.6) is 5.75 Å². The second-order valence-corrected chi connectivity index (χ2v) is 14.5. The van der Waals surface area contributed by atoms with Crippen molar-refractivity contribution in [2.45, 2.75) is 97.1 Å². The molecule has 2 aromatic carbocycles. The van der Waals surface area contributed by atoms with Gasteiger partial charge >= 0.3 is 5.97 Å². The van der Waals surface area contributed by atoms with Crippen LogP contribution in [0.25, 0.3) is 27.9 Å². The Morgan fingerprint density at radius 2 is 1.88 bits per heavy atom. The number of pyridine rings is 1. The summed E-state index contributed by atoms with van der Waals surface area (Å²) in [7, 11) is 0. The van der Waals surface area contributed by atoms with Crippen LogP contribution in [-0.4, -0.2) is 57.7 Å². The van der Waals surface area contributed by atoms with E-state index in [0.717, 1.165) is 77.0 Å². The topological polar surface area (TPSA) is 109 Å². The molecule has 0 radical (unpaired) electrons. The van der Waals surface area contributed by atoms with Gasteiger partial charge in [-0.15, -0.1) is 0 Å². The number of fused-ring (bicyclic) bond motifs is 8. The van der Waals surface area contributed by atoms with Crippen LogP contribution >= 0.6 is 0 Å². The maximum absolute atomic E-state index is 12.9. The molecule has 0 unspecified atom stereocenters. The first-order valence-corrected chi connectivity index (χ1v) is 17.0. The lowest BCUT2D eigenvalue weighted by molar-refractivity contribution is -0.160. The van der Waals surface area contributed by atoms with Gasteiger partial charge in [-0.2, -0.15) is 10.4 Å². The standard InChI is InChI=1S/C39H46N4O5/c1-25-24-43-32-22-31(41-43)29-12-9-11-28(21-29)30-20-27(23-40)13-14-33(30)47-26(2)10-7-8-19-46-39(6)15-17-42(18-16-39)35(32)34(25)36(37(44)45)48-38(3,4)5/h9,11-14,20-22,24,26,36H,7-8,10,15-19H2,1-6H3,(H,44,45)/t26-,36-/m0/s1. The van der Waals surface area contributed by atoms with E-state index >= 15 is 0 Å². The first-order chi connectivity index (χ1) is 22.8. The second kappa shape index (κ2) is 13.3. The Morgan fingerprint density at radius 1 is 1.12 bits per heavy atom. The summed E-state index contributed by atoms with van der Waals surface area (Å²) in [6, 6.07) is 18.0. The summed E-state index contributed by atoms with van der Waals surface area (Å²) in [6.45, 7) is 14.0. The summed E-state index contributed by atoms with van der Waals surface area (Å²) in [5.41, 5.74) is 6.15. The van der Waals surface area contributed by atoms with Crippen LogP contribution in [0.4, 0.5) is 5.69 Å². The Morgan fingerprint density at radius 3 is 2.58 bits per heavy atom. The number of piperidine rings is 1. The number of rotatable bonds is 3. The first-order valence-electron chi connectivity index (χ1n) is 17.0. The molecule has 2 aromatic heterocycles. The fraction of sp³-hybridized carbons (Fsp3) is 0.462. The lowest BCUT2D eigenvalue weighted by Crippen LogP contribution is -2.45. The summed E-state index contributed by atoms with van der Waals surface area (Å²) >= 11 is 0. The Hall–Kier alpha value is -4.39. The fourth-order valence-corrected chi connectivity index (χ4v) is 6.89. The lowest BCUT2D eigenvalue weighted by Gasteiger charge is -2.42. The monoisotopic (exact) mass is 650 g/mol. The van der Waals surface area contributed by atoms with Gasteiger partial charge in [-0.25, -0.2) is 9.31 Å². The molecule has 1 N–H and O–H groups in total. The van der Waals surface area contributed by atoms with E-state index in [1.807, 2.05) is 74.8 Å². The van der Waals surface area contributed by atoms with Crippen LogP contribution < -0.4 is 9.64 Å². The Bertz CT molecular complexity index is 1860. The van der Waals surface area contributed by atoms with Crippen molar-refractivity contribution in [1.29, 1.82) is 5.26 Å². The zero-order valence-electron chi connectivity index (χ0n) is 28.9. The van der Waals surface area contributed by atoms with E-state index in [0.29, 0.717) is 30.8 Å². The largest absolute Gasteiger partial charge is 0.490 e. The molecule has 1 saturated heterocycles. The van der Waals surface area contributed by atoms with E-state index in [2.05, 4.69) is 30.9 Å². The number of nitriles is 1. The van der Waals surface area contributed by atoms with Gasteiger partial charge in [-0.3, -0.25) is 0 Å². The number of hydrogen-bond donors (Lipinski definition) is 1. The quantitative estimate of drug-likeness (QED) is 0.237. The highest BCUT2D eigenvalue weighted by molar-refractivity contribution is 5.87. The zero-order valence-corrected chi connectivity index (χ0v) is 28.9. The third-order valence-electron chi connectivity index (χ3n) is 9.43. The van der Waals surface area contributed by atoms with Crippen molar-refractivity contribution in [3.05, 3.63) is 71.4 Å². The van der Waals surface area contributed by atoms with Crippen LogP contribution in [0.3, 0.4) is 0 Å². The van der Waals surface area contributed by atoms with Crippen LogP contribution in [0, 0.1) is 18.3 Å². The van der Waals surface area contributed by atoms with Crippen LogP contribution in [-0.2, 0) is 14.3 Å². The van der Waals surface area contributed by atoms with Gasteiger partial charge in [0.05, 0.1) is 45.8 Å². The van der Waals surface area contributed by atoms with Crippen molar-refractivity contribution in [2.24, 2.45) is 0 Å². The third-order valence-corrected chi connectivity index (χ3v) is 9.43. The van der Waals surface area contributed by atoms with Gasteiger partial charge < -0.3 is 24.2 Å². The molecule has 0 amide bonds. The summed E-state index contributed by atoms with van der Waals surface area (Å²) in [5.74, 6) is -0.289. The molecular weight excluding hydrogens is 604 g/mol. The number of carbonyl (C=O) groups is 1. The molecule has 48 heavy (non-hydrogen) atoms. The first kappa shape index (κ1) is 33.5. The zero-order chi connectivity index (χ0) is 34.2.